The fourth-order valence-corrected chi connectivity index (χ4v) is 2.07. The molecule has 128 valence electrons. The molecule has 0 bridgehead atoms. The maximum absolute atomic E-state index is 12.2. The van der Waals surface area contributed by atoms with Gasteiger partial charge >= 0.3 is 0 Å². The van der Waals surface area contributed by atoms with Gasteiger partial charge in [0.25, 0.3) is 0 Å². The summed E-state index contributed by atoms with van der Waals surface area (Å²) in [7, 11) is 0. The maximum Gasteiger partial charge on any atom is 0.224 e. The molecule has 0 radical (unpaired) electrons. The smallest absolute Gasteiger partial charge is 0.224 e. The molecule has 23 heavy (non-hydrogen) atoms. The van der Waals surface area contributed by atoms with E-state index in [1.165, 1.54) is 0 Å². The zero-order chi connectivity index (χ0) is 17.7. The Morgan fingerprint density at radius 3 is 2.00 bits per heavy atom. The molecule has 0 aliphatic heterocycles. The van der Waals surface area contributed by atoms with E-state index >= 15 is 0 Å². The van der Waals surface area contributed by atoms with E-state index in [0.717, 1.165) is 18.7 Å². The van der Waals surface area contributed by atoms with Crippen molar-refractivity contribution >= 4 is 17.4 Å². The topological polar surface area (TPSA) is 58.2 Å². The first-order chi connectivity index (χ1) is 10.5. The highest BCUT2D eigenvalue weighted by molar-refractivity contribution is 6.00. The Bertz CT molecular complexity index is 534. The van der Waals surface area contributed by atoms with Crippen molar-refractivity contribution in [2.45, 2.75) is 59.9 Å². The van der Waals surface area contributed by atoms with Crippen LogP contribution in [0.5, 0.6) is 0 Å². The van der Waals surface area contributed by atoms with Gasteiger partial charge in [-0.2, -0.15) is 0 Å². The van der Waals surface area contributed by atoms with Gasteiger partial charge in [0, 0.05) is 28.6 Å². The molecule has 4 heteroatoms. The Balaban J connectivity index is 2.46. The number of nitrogens with one attached hydrogen (secondary N) is 2. The van der Waals surface area contributed by atoms with Crippen molar-refractivity contribution in [3.63, 3.8) is 0 Å². The van der Waals surface area contributed by atoms with E-state index in [1.807, 2.05) is 20.8 Å². The van der Waals surface area contributed by atoms with Gasteiger partial charge in [0.05, 0.1) is 0 Å². The Morgan fingerprint density at radius 2 is 1.52 bits per heavy atom. The molecule has 2 N–H and O–H groups in total. The highest BCUT2D eigenvalue weighted by atomic mass is 16.1. The van der Waals surface area contributed by atoms with Crippen LogP contribution in [0.2, 0.25) is 0 Å². The zero-order valence-corrected chi connectivity index (χ0v) is 15.2. The quantitative estimate of drug-likeness (QED) is 0.615. The van der Waals surface area contributed by atoms with Crippen LogP contribution in [0.15, 0.2) is 24.3 Å². The third-order valence-electron chi connectivity index (χ3n) is 3.35. The summed E-state index contributed by atoms with van der Waals surface area (Å²) >= 11 is 0. The lowest BCUT2D eigenvalue weighted by atomic mass is 9.86. The van der Waals surface area contributed by atoms with Crippen LogP contribution in [0.3, 0.4) is 0 Å². The number of hydrogen-bond acceptors (Lipinski definition) is 3. The molecule has 0 atom stereocenters. The zero-order valence-electron chi connectivity index (χ0n) is 15.2. The van der Waals surface area contributed by atoms with E-state index in [-0.39, 0.29) is 17.2 Å². The molecule has 0 aromatic heterocycles. The predicted octanol–water partition coefficient (Wildman–Crippen LogP) is 4.02. The number of rotatable bonds is 6. The predicted molar refractivity (Wildman–Crippen MR) is 95.8 cm³/mol. The number of anilines is 1. The average molecular weight is 318 g/mol. The highest BCUT2D eigenvalue weighted by Gasteiger charge is 2.22. The fourth-order valence-electron chi connectivity index (χ4n) is 2.07. The number of carbonyl (C=O) groups is 2. The monoisotopic (exact) mass is 318 g/mol. The lowest BCUT2D eigenvalue weighted by Gasteiger charge is -2.20. The second-order valence-electron chi connectivity index (χ2n) is 7.98. The van der Waals surface area contributed by atoms with Crippen LogP contribution in [-0.2, 0) is 4.79 Å². The minimum absolute atomic E-state index is 0.00407. The van der Waals surface area contributed by atoms with Gasteiger partial charge in [-0.1, -0.05) is 20.8 Å². The standard InChI is InChI=1S/C19H30N2O2/c1-18(2,3)17(23)14-9-11-15(12-10-14)21-16(22)8-7-13-20-19(4,5)6/h9-12,20H,7-8,13H2,1-6H3,(H,21,22). The van der Waals surface area contributed by atoms with Crippen LogP contribution in [0, 0.1) is 5.41 Å². The number of hydrogen-bond donors (Lipinski definition) is 2. The molecule has 0 fully saturated rings. The van der Waals surface area contributed by atoms with Gasteiger partial charge in [0.1, 0.15) is 0 Å². The molecule has 0 spiro atoms. The molecular formula is C19H30N2O2. The summed E-state index contributed by atoms with van der Waals surface area (Å²) in [4.78, 5) is 24.1. The maximum atomic E-state index is 12.2. The number of benzene rings is 1. The van der Waals surface area contributed by atoms with Crippen LogP contribution in [0.25, 0.3) is 0 Å². The third kappa shape index (κ3) is 7.42. The second-order valence-corrected chi connectivity index (χ2v) is 7.98. The van der Waals surface area contributed by atoms with Gasteiger partial charge in [-0.15, -0.1) is 0 Å². The Labute approximate surface area is 140 Å². The van der Waals surface area contributed by atoms with Crippen LogP contribution in [0.1, 0.15) is 64.7 Å². The molecule has 4 nitrogen and oxygen atoms in total. The largest absolute Gasteiger partial charge is 0.326 e. The van der Waals surface area contributed by atoms with E-state index in [0.29, 0.717) is 12.0 Å². The number of amides is 1. The van der Waals surface area contributed by atoms with Gasteiger partial charge in [0.2, 0.25) is 5.91 Å². The lowest BCUT2D eigenvalue weighted by molar-refractivity contribution is -0.116. The van der Waals surface area contributed by atoms with Crippen molar-refractivity contribution in [2.75, 3.05) is 11.9 Å². The summed E-state index contributed by atoms with van der Waals surface area (Å²) in [6.07, 6.45) is 1.27. The molecular weight excluding hydrogens is 288 g/mol. The van der Waals surface area contributed by atoms with E-state index in [2.05, 4.69) is 31.4 Å². The summed E-state index contributed by atoms with van der Waals surface area (Å²) in [6.45, 7) is 12.8. The van der Waals surface area contributed by atoms with Gasteiger partial charge in [-0.05, 0) is 58.0 Å². The molecule has 1 rings (SSSR count). The Hall–Kier alpha value is -1.68. The second kappa shape index (κ2) is 7.73. The summed E-state index contributed by atoms with van der Waals surface area (Å²) in [5.74, 6) is 0.0965. The van der Waals surface area contributed by atoms with Crippen molar-refractivity contribution in [1.29, 1.82) is 0 Å². The van der Waals surface area contributed by atoms with Gasteiger partial charge in [0.15, 0.2) is 5.78 Å². The number of Topliss-reactive ketones (excluding diaryl/α,β-unsaturated/α-hetero) is 1. The van der Waals surface area contributed by atoms with E-state index in [9.17, 15) is 9.59 Å². The molecule has 0 saturated carbocycles. The first-order valence-electron chi connectivity index (χ1n) is 8.19. The van der Waals surface area contributed by atoms with Crippen LogP contribution >= 0.6 is 0 Å². The SMILES string of the molecule is CC(C)(C)NCCCC(=O)Nc1ccc(C(=O)C(C)(C)C)cc1. The van der Waals surface area contributed by atoms with Gasteiger partial charge < -0.3 is 10.6 Å². The van der Waals surface area contributed by atoms with Crippen molar-refractivity contribution in [1.82, 2.24) is 5.32 Å². The molecule has 0 saturated heterocycles. The van der Waals surface area contributed by atoms with E-state index < -0.39 is 5.41 Å². The van der Waals surface area contributed by atoms with Crippen molar-refractivity contribution in [2.24, 2.45) is 5.41 Å². The van der Waals surface area contributed by atoms with Crippen LogP contribution in [0.4, 0.5) is 5.69 Å². The minimum atomic E-state index is -0.398. The highest BCUT2D eigenvalue weighted by Crippen LogP contribution is 2.21. The first-order valence-corrected chi connectivity index (χ1v) is 8.19. The molecule has 0 aliphatic rings. The summed E-state index contributed by atoms with van der Waals surface area (Å²) in [6, 6.07) is 7.10. The van der Waals surface area contributed by atoms with E-state index in [1.54, 1.807) is 24.3 Å². The Kier molecular flexibility index (Phi) is 6.51. The first kappa shape index (κ1) is 19.4. The third-order valence-corrected chi connectivity index (χ3v) is 3.35. The fraction of sp³-hybridized carbons (Fsp3) is 0.579. The molecule has 1 aromatic carbocycles. The number of carbonyl (C=O) groups excluding carboxylic acids is 2. The Morgan fingerprint density at radius 1 is 0.957 bits per heavy atom. The van der Waals surface area contributed by atoms with Crippen molar-refractivity contribution in [3.05, 3.63) is 29.8 Å². The van der Waals surface area contributed by atoms with Gasteiger partial charge in [-0.25, -0.2) is 0 Å². The molecule has 1 aromatic rings. The summed E-state index contributed by atoms with van der Waals surface area (Å²) in [5, 5.41) is 6.22. The van der Waals surface area contributed by atoms with Gasteiger partial charge in [-0.3, -0.25) is 9.59 Å². The van der Waals surface area contributed by atoms with Crippen LogP contribution in [-0.4, -0.2) is 23.8 Å². The lowest BCUT2D eigenvalue weighted by Crippen LogP contribution is -2.36. The van der Waals surface area contributed by atoms with E-state index in [4.69, 9.17) is 0 Å². The average Bonchev–Trinajstić information content (AvgIpc) is 2.42. The molecule has 0 unspecified atom stereocenters. The van der Waals surface area contributed by atoms with Crippen molar-refractivity contribution in [3.8, 4) is 0 Å². The van der Waals surface area contributed by atoms with Crippen LogP contribution < -0.4 is 10.6 Å². The normalized spacial score (nSPS) is 12.1. The van der Waals surface area contributed by atoms with Crippen molar-refractivity contribution < 1.29 is 9.59 Å². The summed E-state index contributed by atoms with van der Waals surface area (Å²) in [5.41, 5.74) is 1.07. The molecule has 0 heterocycles. The number of ketones is 1. The molecule has 0 aliphatic carbocycles. The molecule has 1 amide bonds. The minimum Gasteiger partial charge on any atom is -0.326 e. The summed E-state index contributed by atoms with van der Waals surface area (Å²) < 4.78 is 0.